The van der Waals surface area contributed by atoms with E-state index in [0.717, 1.165) is 0 Å². The fraction of sp³-hybridized carbons (Fsp3) is 0.385. The standard InChI is InChI=1S/C13H18N2O3/c1-8(2)7-11(13(17)18)15-12(16)9-5-3-4-6-10(9)14/h3-6,8,11H,7,14H2,1-2H3,(H,15,16)(H,17,18)/t11-/m1/s1. The van der Waals surface area contributed by atoms with Crippen LogP contribution in [0.3, 0.4) is 0 Å². The zero-order valence-electron chi connectivity index (χ0n) is 10.5. The molecule has 5 heteroatoms. The minimum atomic E-state index is -1.04. The summed E-state index contributed by atoms with van der Waals surface area (Å²) >= 11 is 0. The van der Waals surface area contributed by atoms with E-state index in [-0.39, 0.29) is 5.92 Å². The van der Waals surface area contributed by atoms with Crippen LogP contribution in [-0.4, -0.2) is 23.0 Å². The molecule has 0 saturated heterocycles. The minimum absolute atomic E-state index is 0.180. The van der Waals surface area contributed by atoms with Crippen LogP contribution in [0.5, 0.6) is 0 Å². The number of carbonyl (C=O) groups is 2. The van der Waals surface area contributed by atoms with E-state index < -0.39 is 17.9 Å². The average Bonchev–Trinajstić information content (AvgIpc) is 2.27. The van der Waals surface area contributed by atoms with Crippen LogP contribution < -0.4 is 11.1 Å². The van der Waals surface area contributed by atoms with Gasteiger partial charge < -0.3 is 16.2 Å². The first kappa shape index (κ1) is 14.0. The SMILES string of the molecule is CC(C)C[C@@H](NC(=O)c1ccccc1N)C(=O)O. The molecule has 0 aliphatic heterocycles. The van der Waals surface area contributed by atoms with Gasteiger partial charge in [-0.2, -0.15) is 0 Å². The fourth-order valence-corrected chi connectivity index (χ4v) is 1.63. The number of carbonyl (C=O) groups excluding carboxylic acids is 1. The van der Waals surface area contributed by atoms with Gasteiger partial charge in [-0.15, -0.1) is 0 Å². The Morgan fingerprint density at radius 1 is 1.33 bits per heavy atom. The van der Waals surface area contributed by atoms with Gasteiger partial charge in [-0.25, -0.2) is 4.79 Å². The molecule has 1 amide bonds. The number of carboxylic acids is 1. The minimum Gasteiger partial charge on any atom is -0.480 e. The summed E-state index contributed by atoms with van der Waals surface area (Å²) in [5, 5.41) is 11.5. The fourth-order valence-electron chi connectivity index (χ4n) is 1.63. The highest BCUT2D eigenvalue weighted by molar-refractivity contribution is 6.00. The van der Waals surface area contributed by atoms with Crippen molar-refractivity contribution in [3.63, 3.8) is 0 Å². The van der Waals surface area contributed by atoms with Gasteiger partial charge in [0.25, 0.3) is 5.91 Å². The molecule has 5 nitrogen and oxygen atoms in total. The Morgan fingerprint density at radius 3 is 2.44 bits per heavy atom. The first-order chi connectivity index (χ1) is 8.41. The van der Waals surface area contributed by atoms with Crippen molar-refractivity contribution in [2.75, 3.05) is 5.73 Å². The monoisotopic (exact) mass is 250 g/mol. The Kier molecular flexibility index (Phi) is 4.71. The molecule has 1 atom stereocenters. The summed E-state index contributed by atoms with van der Waals surface area (Å²) in [5.74, 6) is -1.31. The lowest BCUT2D eigenvalue weighted by molar-refractivity contribution is -0.139. The van der Waals surface area contributed by atoms with E-state index in [1.54, 1.807) is 24.3 Å². The van der Waals surface area contributed by atoms with Crippen molar-refractivity contribution in [1.82, 2.24) is 5.32 Å². The predicted octanol–water partition coefficient (Wildman–Crippen LogP) is 1.50. The highest BCUT2D eigenvalue weighted by Crippen LogP contribution is 2.12. The second-order valence-electron chi connectivity index (χ2n) is 4.58. The number of rotatable bonds is 5. The zero-order valence-corrected chi connectivity index (χ0v) is 10.5. The third-order valence-electron chi connectivity index (χ3n) is 2.52. The van der Waals surface area contributed by atoms with Crippen LogP contribution >= 0.6 is 0 Å². The van der Waals surface area contributed by atoms with Gasteiger partial charge in [-0.05, 0) is 24.5 Å². The summed E-state index contributed by atoms with van der Waals surface area (Å²) in [6, 6.07) is 5.68. The summed E-state index contributed by atoms with van der Waals surface area (Å²) in [4.78, 5) is 22.9. The molecular weight excluding hydrogens is 232 g/mol. The summed E-state index contributed by atoms with van der Waals surface area (Å²) < 4.78 is 0. The number of carboxylic acid groups (broad SMARTS) is 1. The Labute approximate surface area is 106 Å². The number of nitrogens with one attached hydrogen (secondary N) is 1. The van der Waals surface area contributed by atoms with Gasteiger partial charge in [-0.1, -0.05) is 26.0 Å². The largest absolute Gasteiger partial charge is 0.480 e. The number of para-hydroxylation sites is 1. The van der Waals surface area contributed by atoms with Crippen LogP contribution in [-0.2, 0) is 4.79 Å². The maximum Gasteiger partial charge on any atom is 0.326 e. The van der Waals surface area contributed by atoms with Crippen molar-refractivity contribution >= 4 is 17.6 Å². The van der Waals surface area contributed by atoms with Crippen molar-refractivity contribution in [3.05, 3.63) is 29.8 Å². The molecule has 1 rings (SSSR count). The van der Waals surface area contributed by atoms with Crippen LogP contribution in [0.1, 0.15) is 30.6 Å². The summed E-state index contributed by atoms with van der Waals surface area (Å²) in [6.07, 6.45) is 0.383. The Balaban J connectivity index is 2.79. The highest BCUT2D eigenvalue weighted by atomic mass is 16.4. The van der Waals surface area contributed by atoms with Crippen LogP contribution in [0.25, 0.3) is 0 Å². The number of aliphatic carboxylic acids is 1. The summed E-state index contributed by atoms with van der Waals surface area (Å²) in [6.45, 7) is 3.80. The van der Waals surface area contributed by atoms with Gasteiger partial charge in [0.2, 0.25) is 0 Å². The number of anilines is 1. The van der Waals surface area contributed by atoms with Crippen LogP contribution in [0.2, 0.25) is 0 Å². The molecule has 0 bridgehead atoms. The Bertz CT molecular complexity index is 444. The van der Waals surface area contributed by atoms with Crippen LogP contribution in [0, 0.1) is 5.92 Å². The maximum atomic E-state index is 11.9. The van der Waals surface area contributed by atoms with Crippen molar-refractivity contribution < 1.29 is 14.7 Å². The molecule has 98 valence electrons. The highest BCUT2D eigenvalue weighted by Gasteiger charge is 2.22. The number of hydrogen-bond donors (Lipinski definition) is 3. The number of amides is 1. The third kappa shape index (κ3) is 3.76. The third-order valence-corrected chi connectivity index (χ3v) is 2.52. The van der Waals surface area contributed by atoms with Gasteiger partial charge in [-0.3, -0.25) is 4.79 Å². The smallest absolute Gasteiger partial charge is 0.326 e. The van der Waals surface area contributed by atoms with Crippen molar-refractivity contribution in [3.8, 4) is 0 Å². The molecule has 0 radical (unpaired) electrons. The second-order valence-corrected chi connectivity index (χ2v) is 4.58. The van der Waals surface area contributed by atoms with E-state index in [1.165, 1.54) is 0 Å². The van der Waals surface area contributed by atoms with Crippen molar-refractivity contribution in [1.29, 1.82) is 0 Å². The molecule has 0 fully saturated rings. The number of nitrogen functional groups attached to an aromatic ring is 1. The molecule has 4 N–H and O–H groups in total. The van der Waals surface area contributed by atoms with Gasteiger partial charge in [0.1, 0.15) is 6.04 Å². The number of nitrogens with two attached hydrogens (primary N) is 1. The molecular formula is C13H18N2O3. The van der Waals surface area contributed by atoms with Gasteiger partial charge in [0.15, 0.2) is 0 Å². The van der Waals surface area contributed by atoms with E-state index >= 15 is 0 Å². The quantitative estimate of drug-likeness (QED) is 0.690. The molecule has 1 aromatic carbocycles. The van der Waals surface area contributed by atoms with Crippen LogP contribution in [0.15, 0.2) is 24.3 Å². The van der Waals surface area contributed by atoms with Crippen molar-refractivity contribution in [2.45, 2.75) is 26.3 Å². The zero-order chi connectivity index (χ0) is 13.7. The normalized spacial score (nSPS) is 12.2. The van der Waals surface area contributed by atoms with E-state index in [0.29, 0.717) is 17.7 Å². The van der Waals surface area contributed by atoms with E-state index in [1.807, 2.05) is 13.8 Å². The van der Waals surface area contributed by atoms with E-state index in [9.17, 15) is 9.59 Å². The first-order valence-electron chi connectivity index (χ1n) is 5.80. The lowest BCUT2D eigenvalue weighted by Gasteiger charge is -2.17. The molecule has 0 saturated carbocycles. The molecule has 0 aliphatic rings. The molecule has 0 heterocycles. The number of benzene rings is 1. The van der Waals surface area contributed by atoms with E-state index in [4.69, 9.17) is 10.8 Å². The average molecular weight is 250 g/mol. The molecule has 0 aliphatic carbocycles. The lowest BCUT2D eigenvalue weighted by atomic mass is 10.0. The second kappa shape index (κ2) is 6.05. The van der Waals surface area contributed by atoms with E-state index in [2.05, 4.69) is 5.32 Å². The van der Waals surface area contributed by atoms with Crippen LogP contribution in [0.4, 0.5) is 5.69 Å². The molecule has 0 aromatic heterocycles. The molecule has 0 spiro atoms. The lowest BCUT2D eigenvalue weighted by Crippen LogP contribution is -2.41. The molecule has 18 heavy (non-hydrogen) atoms. The Hall–Kier alpha value is -2.04. The summed E-state index contributed by atoms with van der Waals surface area (Å²) in [7, 11) is 0. The topological polar surface area (TPSA) is 92.4 Å². The predicted molar refractivity (Wildman–Crippen MR) is 69.2 cm³/mol. The van der Waals surface area contributed by atoms with Gasteiger partial charge >= 0.3 is 5.97 Å². The molecule has 0 unspecified atom stereocenters. The number of hydrogen-bond acceptors (Lipinski definition) is 3. The van der Waals surface area contributed by atoms with Gasteiger partial charge in [0, 0.05) is 5.69 Å². The maximum absolute atomic E-state index is 11.9. The Morgan fingerprint density at radius 2 is 1.94 bits per heavy atom. The first-order valence-corrected chi connectivity index (χ1v) is 5.80. The van der Waals surface area contributed by atoms with Crippen molar-refractivity contribution in [2.24, 2.45) is 5.92 Å². The van der Waals surface area contributed by atoms with Gasteiger partial charge in [0.05, 0.1) is 5.56 Å². The molecule has 1 aromatic rings. The summed E-state index contributed by atoms with van der Waals surface area (Å²) in [5.41, 5.74) is 6.30.